The number of pyridine rings is 1. The molecule has 0 aliphatic heterocycles. The van der Waals surface area contributed by atoms with E-state index in [-0.39, 0.29) is 6.04 Å². The van der Waals surface area contributed by atoms with Gasteiger partial charge in [-0.05, 0) is 49.4 Å². The second kappa shape index (κ2) is 5.26. The standard InChI is InChI=1S/C15H16N4S/c1-9-5-6-12-13(8-9)19-15(18-12)20-14-11(10(2)16)4-3-7-17-14/h3-8,10H,16H2,1-2H3,(H,18,19)/t10-/m0/s1. The van der Waals surface area contributed by atoms with Crippen LogP contribution in [0.2, 0.25) is 0 Å². The molecule has 0 unspecified atom stereocenters. The van der Waals surface area contributed by atoms with Crippen LogP contribution < -0.4 is 5.73 Å². The molecule has 0 spiro atoms. The number of nitrogens with two attached hydrogens (primary N) is 1. The number of aryl methyl sites for hydroxylation is 1. The van der Waals surface area contributed by atoms with Crippen LogP contribution in [0.25, 0.3) is 11.0 Å². The van der Waals surface area contributed by atoms with Gasteiger partial charge in [0.05, 0.1) is 11.0 Å². The third-order valence-corrected chi connectivity index (χ3v) is 4.02. The predicted octanol–water partition coefficient (Wildman–Crippen LogP) is 3.44. The number of fused-ring (bicyclic) bond motifs is 1. The topological polar surface area (TPSA) is 67.6 Å². The molecule has 3 rings (SSSR count). The number of H-pyrrole nitrogens is 1. The van der Waals surface area contributed by atoms with Crippen LogP contribution in [-0.2, 0) is 0 Å². The zero-order valence-corrected chi connectivity index (χ0v) is 12.2. The number of imidazole rings is 1. The molecule has 0 saturated carbocycles. The highest BCUT2D eigenvalue weighted by molar-refractivity contribution is 7.99. The van der Waals surface area contributed by atoms with Crippen LogP contribution in [0.4, 0.5) is 0 Å². The summed E-state index contributed by atoms with van der Waals surface area (Å²) in [5.74, 6) is 0. The van der Waals surface area contributed by atoms with Gasteiger partial charge < -0.3 is 10.7 Å². The second-order valence-corrected chi connectivity index (χ2v) is 5.83. The van der Waals surface area contributed by atoms with Crippen LogP contribution in [0.15, 0.2) is 46.7 Å². The fourth-order valence-electron chi connectivity index (χ4n) is 2.08. The molecule has 3 N–H and O–H groups in total. The van der Waals surface area contributed by atoms with Gasteiger partial charge in [0.25, 0.3) is 0 Å². The zero-order valence-electron chi connectivity index (χ0n) is 11.4. The van der Waals surface area contributed by atoms with Crippen molar-refractivity contribution in [3.8, 4) is 0 Å². The van der Waals surface area contributed by atoms with Gasteiger partial charge in [0.2, 0.25) is 0 Å². The van der Waals surface area contributed by atoms with Crippen molar-refractivity contribution < 1.29 is 0 Å². The van der Waals surface area contributed by atoms with Crippen LogP contribution >= 0.6 is 11.8 Å². The fourth-order valence-corrected chi connectivity index (χ4v) is 3.05. The Morgan fingerprint density at radius 2 is 2.15 bits per heavy atom. The molecule has 4 nitrogen and oxygen atoms in total. The average Bonchev–Trinajstić information content (AvgIpc) is 2.80. The summed E-state index contributed by atoms with van der Waals surface area (Å²) in [4.78, 5) is 12.3. The van der Waals surface area contributed by atoms with E-state index < -0.39 is 0 Å². The monoisotopic (exact) mass is 284 g/mol. The van der Waals surface area contributed by atoms with Crippen molar-refractivity contribution in [3.63, 3.8) is 0 Å². The van der Waals surface area contributed by atoms with Crippen molar-refractivity contribution in [3.05, 3.63) is 47.7 Å². The minimum Gasteiger partial charge on any atom is -0.333 e. The number of hydrogen-bond acceptors (Lipinski definition) is 4. The fraction of sp³-hybridized carbons (Fsp3) is 0.200. The molecule has 1 atom stereocenters. The highest BCUT2D eigenvalue weighted by Gasteiger charge is 2.11. The Morgan fingerprint density at radius 3 is 2.95 bits per heavy atom. The molecule has 20 heavy (non-hydrogen) atoms. The number of aromatic nitrogens is 3. The van der Waals surface area contributed by atoms with Gasteiger partial charge in [-0.15, -0.1) is 0 Å². The maximum absolute atomic E-state index is 5.98. The van der Waals surface area contributed by atoms with Crippen molar-refractivity contribution in [2.75, 3.05) is 0 Å². The molecule has 0 aliphatic carbocycles. The average molecular weight is 284 g/mol. The number of rotatable bonds is 3. The zero-order chi connectivity index (χ0) is 14.1. The summed E-state index contributed by atoms with van der Waals surface area (Å²) in [5.41, 5.74) is 10.2. The SMILES string of the molecule is Cc1ccc2nc(Sc3ncccc3[C@H](C)N)[nH]c2c1. The molecule has 0 saturated heterocycles. The maximum Gasteiger partial charge on any atom is 0.172 e. The lowest BCUT2D eigenvalue weighted by Gasteiger charge is -2.09. The molecule has 0 fully saturated rings. The Bertz CT molecular complexity index is 748. The molecule has 0 aliphatic rings. The Balaban J connectivity index is 1.97. The molecule has 2 heterocycles. The van der Waals surface area contributed by atoms with E-state index in [9.17, 15) is 0 Å². The summed E-state index contributed by atoms with van der Waals surface area (Å²) in [7, 11) is 0. The van der Waals surface area contributed by atoms with E-state index in [1.54, 1.807) is 6.20 Å². The van der Waals surface area contributed by atoms with Gasteiger partial charge in [-0.2, -0.15) is 0 Å². The summed E-state index contributed by atoms with van der Waals surface area (Å²) in [6.07, 6.45) is 1.78. The van der Waals surface area contributed by atoms with Gasteiger partial charge in [0.1, 0.15) is 5.03 Å². The Hall–Kier alpha value is -1.85. The van der Waals surface area contributed by atoms with Gasteiger partial charge in [0, 0.05) is 17.8 Å². The smallest absolute Gasteiger partial charge is 0.172 e. The van der Waals surface area contributed by atoms with E-state index in [4.69, 9.17) is 5.73 Å². The minimum absolute atomic E-state index is 0.0437. The summed E-state index contributed by atoms with van der Waals surface area (Å²) < 4.78 is 0. The molecule has 2 aromatic heterocycles. The van der Waals surface area contributed by atoms with Crippen molar-refractivity contribution >= 4 is 22.8 Å². The van der Waals surface area contributed by atoms with E-state index in [2.05, 4.69) is 34.0 Å². The highest BCUT2D eigenvalue weighted by atomic mass is 32.2. The second-order valence-electron chi connectivity index (χ2n) is 4.85. The lowest BCUT2D eigenvalue weighted by atomic mass is 10.2. The molecule has 0 radical (unpaired) electrons. The number of nitrogens with zero attached hydrogens (tertiary/aromatic N) is 2. The molecule has 0 amide bonds. The third-order valence-electron chi connectivity index (χ3n) is 3.10. The van der Waals surface area contributed by atoms with Gasteiger partial charge in [-0.25, -0.2) is 9.97 Å². The third kappa shape index (κ3) is 2.55. The number of aromatic amines is 1. The van der Waals surface area contributed by atoms with Crippen molar-refractivity contribution in [2.24, 2.45) is 5.73 Å². The number of benzene rings is 1. The molecular weight excluding hydrogens is 268 g/mol. The van der Waals surface area contributed by atoms with Crippen molar-refractivity contribution in [1.82, 2.24) is 15.0 Å². The van der Waals surface area contributed by atoms with Crippen molar-refractivity contribution in [2.45, 2.75) is 30.1 Å². The van der Waals surface area contributed by atoms with E-state index in [0.717, 1.165) is 26.8 Å². The first-order valence-corrected chi connectivity index (χ1v) is 7.30. The van der Waals surface area contributed by atoms with Crippen LogP contribution in [0.5, 0.6) is 0 Å². The predicted molar refractivity (Wildman–Crippen MR) is 81.8 cm³/mol. The van der Waals surface area contributed by atoms with Crippen molar-refractivity contribution in [1.29, 1.82) is 0 Å². The Morgan fingerprint density at radius 1 is 1.30 bits per heavy atom. The van der Waals surface area contributed by atoms with E-state index >= 15 is 0 Å². The largest absolute Gasteiger partial charge is 0.333 e. The van der Waals surface area contributed by atoms with E-state index in [1.165, 1.54) is 17.3 Å². The Kier molecular flexibility index (Phi) is 3.46. The summed E-state index contributed by atoms with van der Waals surface area (Å²) in [5, 5.41) is 1.74. The van der Waals surface area contributed by atoms with E-state index in [1.807, 2.05) is 25.1 Å². The van der Waals surface area contributed by atoms with Gasteiger partial charge >= 0.3 is 0 Å². The summed E-state index contributed by atoms with van der Waals surface area (Å²) in [6, 6.07) is 10.1. The molecule has 0 bridgehead atoms. The molecule has 3 aromatic rings. The van der Waals surface area contributed by atoms with Gasteiger partial charge in [-0.1, -0.05) is 12.1 Å². The van der Waals surface area contributed by atoms with Gasteiger partial charge in [-0.3, -0.25) is 0 Å². The molecule has 5 heteroatoms. The van der Waals surface area contributed by atoms with Crippen LogP contribution in [-0.4, -0.2) is 15.0 Å². The van der Waals surface area contributed by atoms with Crippen LogP contribution in [0.1, 0.15) is 24.1 Å². The first kappa shape index (κ1) is 13.1. The normalized spacial score (nSPS) is 12.8. The number of hydrogen-bond donors (Lipinski definition) is 2. The quantitative estimate of drug-likeness (QED) is 0.773. The maximum atomic E-state index is 5.98. The van der Waals surface area contributed by atoms with E-state index in [0.29, 0.717) is 0 Å². The van der Waals surface area contributed by atoms with Crippen LogP contribution in [0.3, 0.4) is 0 Å². The first-order valence-electron chi connectivity index (χ1n) is 6.48. The molecule has 1 aromatic carbocycles. The summed E-state index contributed by atoms with van der Waals surface area (Å²) in [6.45, 7) is 4.03. The minimum atomic E-state index is -0.0437. The van der Waals surface area contributed by atoms with Gasteiger partial charge in [0.15, 0.2) is 5.16 Å². The summed E-state index contributed by atoms with van der Waals surface area (Å²) >= 11 is 1.52. The lowest BCUT2D eigenvalue weighted by Crippen LogP contribution is -2.07. The number of nitrogens with one attached hydrogen (secondary N) is 1. The first-order chi connectivity index (χ1) is 9.63. The highest BCUT2D eigenvalue weighted by Crippen LogP contribution is 2.30. The Labute approximate surface area is 121 Å². The lowest BCUT2D eigenvalue weighted by molar-refractivity contribution is 0.779. The molecule has 102 valence electrons. The molecular formula is C15H16N4S. The van der Waals surface area contributed by atoms with Crippen LogP contribution in [0, 0.1) is 6.92 Å².